The largest absolute Gasteiger partial charge is 0.454 e. The maximum absolute atomic E-state index is 10.0. The third-order valence-electron chi connectivity index (χ3n) is 7.13. The molecule has 0 saturated carbocycles. The van der Waals surface area contributed by atoms with E-state index in [9.17, 15) is 5.26 Å². The van der Waals surface area contributed by atoms with Crippen molar-refractivity contribution in [2.45, 2.75) is 26.7 Å². The number of furan rings is 1. The van der Waals surface area contributed by atoms with Gasteiger partial charge in [0.25, 0.3) is 0 Å². The molecule has 0 N–H and O–H groups in total. The molecule has 0 fully saturated rings. The fraction of sp³-hybridized carbons (Fsp3) is 0.156. The van der Waals surface area contributed by atoms with E-state index in [2.05, 4.69) is 73.9 Å². The molecule has 6 rings (SSSR count). The zero-order valence-electron chi connectivity index (χ0n) is 20.8. The van der Waals surface area contributed by atoms with E-state index in [0.717, 1.165) is 60.8 Å². The highest BCUT2D eigenvalue weighted by Gasteiger charge is 2.24. The van der Waals surface area contributed by atoms with E-state index < -0.39 is 0 Å². The maximum Gasteiger partial charge on any atom is 0.216 e. The minimum absolute atomic E-state index is 0.423. The van der Waals surface area contributed by atoms with E-state index in [4.69, 9.17) is 4.42 Å². The number of hydrogen-bond donors (Lipinski definition) is 0. The standard InChI is InChI=1S/C32H26N3O/c1-19(2)22-13-15-35(4)28(17-22)29-20(3)7-11-25-26-12-10-24(18-33)30(32(26)36-31(25)29)23-9-8-21-6-5-14-34-27(21)16-23/h5-17,19H,1-4H3/q+1. The van der Waals surface area contributed by atoms with Crippen LogP contribution in [0.1, 0.15) is 36.5 Å². The number of benzene rings is 3. The van der Waals surface area contributed by atoms with E-state index >= 15 is 0 Å². The molecule has 0 unspecified atom stereocenters. The van der Waals surface area contributed by atoms with Gasteiger partial charge in [-0.2, -0.15) is 5.26 Å². The van der Waals surface area contributed by atoms with Crippen molar-refractivity contribution in [1.29, 1.82) is 5.26 Å². The number of nitriles is 1. The Morgan fingerprint density at radius 2 is 1.69 bits per heavy atom. The predicted octanol–water partition coefficient (Wildman–Crippen LogP) is 7.60. The first-order valence-electron chi connectivity index (χ1n) is 12.2. The summed E-state index contributed by atoms with van der Waals surface area (Å²) in [7, 11) is 2.07. The van der Waals surface area contributed by atoms with Crippen LogP contribution < -0.4 is 4.57 Å². The van der Waals surface area contributed by atoms with Crippen LogP contribution in [0, 0.1) is 18.3 Å². The quantitative estimate of drug-likeness (QED) is 0.251. The predicted molar refractivity (Wildman–Crippen MR) is 145 cm³/mol. The average Bonchev–Trinajstić information content (AvgIpc) is 3.26. The third-order valence-corrected chi connectivity index (χ3v) is 7.13. The Morgan fingerprint density at radius 1 is 0.917 bits per heavy atom. The van der Waals surface area contributed by atoms with Gasteiger partial charge in [0, 0.05) is 40.1 Å². The number of rotatable bonds is 3. The Hall–Kier alpha value is -4.49. The van der Waals surface area contributed by atoms with E-state index in [1.807, 2.05) is 42.5 Å². The van der Waals surface area contributed by atoms with Gasteiger partial charge in [-0.3, -0.25) is 4.98 Å². The second-order valence-corrected chi connectivity index (χ2v) is 9.73. The molecule has 0 aliphatic rings. The summed E-state index contributed by atoms with van der Waals surface area (Å²) in [6.45, 7) is 6.55. The first-order chi connectivity index (χ1) is 17.5. The molecule has 0 amide bonds. The molecular formula is C32H26N3O+. The van der Waals surface area contributed by atoms with Crippen molar-refractivity contribution in [2.75, 3.05) is 0 Å². The van der Waals surface area contributed by atoms with Gasteiger partial charge in [0.05, 0.1) is 22.7 Å². The summed E-state index contributed by atoms with van der Waals surface area (Å²) in [4.78, 5) is 4.53. The van der Waals surface area contributed by atoms with Crippen LogP contribution in [0.5, 0.6) is 0 Å². The van der Waals surface area contributed by atoms with Crippen molar-refractivity contribution in [2.24, 2.45) is 7.05 Å². The topological polar surface area (TPSA) is 53.7 Å². The van der Waals surface area contributed by atoms with Gasteiger partial charge in [-0.1, -0.05) is 44.2 Å². The zero-order chi connectivity index (χ0) is 25.0. The van der Waals surface area contributed by atoms with E-state index in [-0.39, 0.29) is 0 Å². The van der Waals surface area contributed by atoms with Crippen LogP contribution in [0.3, 0.4) is 0 Å². The first-order valence-corrected chi connectivity index (χ1v) is 12.2. The molecule has 0 aliphatic heterocycles. The summed E-state index contributed by atoms with van der Waals surface area (Å²) in [6.07, 6.45) is 3.91. The average molecular weight is 469 g/mol. The number of hydrogen-bond acceptors (Lipinski definition) is 3. The second kappa shape index (κ2) is 8.32. The van der Waals surface area contributed by atoms with Gasteiger partial charge in [0.1, 0.15) is 18.2 Å². The smallest absolute Gasteiger partial charge is 0.216 e. The van der Waals surface area contributed by atoms with Gasteiger partial charge in [-0.05, 0) is 53.8 Å². The molecule has 0 radical (unpaired) electrons. The Bertz CT molecular complexity index is 1850. The Kier molecular flexibility index (Phi) is 5.09. The van der Waals surface area contributed by atoms with Crippen molar-refractivity contribution >= 4 is 32.8 Å². The summed E-state index contributed by atoms with van der Waals surface area (Å²) in [6, 6.07) is 25.1. The highest BCUT2D eigenvalue weighted by Crippen LogP contribution is 2.42. The van der Waals surface area contributed by atoms with Gasteiger partial charge in [0.2, 0.25) is 5.69 Å². The second-order valence-electron chi connectivity index (χ2n) is 9.73. The van der Waals surface area contributed by atoms with E-state index in [1.165, 1.54) is 5.56 Å². The Labute approximate surface area is 210 Å². The summed E-state index contributed by atoms with van der Waals surface area (Å²) in [5.74, 6) is 0.423. The number of aromatic nitrogens is 2. The molecule has 36 heavy (non-hydrogen) atoms. The molecule has 3 heterocycles. The lowest BCUT2D eigenvalue weighted by molar-refractivity contribution is -0.660. The van der Waals surface area contributed by atoms with Gasteiger partial charge in [-0.15, -0.1) is 0 Å². The molecule has 6 aromatic rings. The first kappa shape index (κ1) is 22.0. The molecule has 4 heteroatoms. The SMILES string of the molecule is Cc1ccc2c(oc3c(-c4ccc5cccnc5c4)c(C#N)ccc32)c1-c1cc(C(C)C)cc[n+]1C. The summed E-state index contributed by atoms with van der Waals surface area (Å²) in [5.41, 5.74) is 9.41. The highest BCUT2D eigenvalue weighted by molar-refractivity contribution is 6.14. The number of aryl methyl sites for hydroxylation is 2. The highest BCUT2D eigenvalue weighted by atomic mass is 16.3. The third kappa shape index (κ3) is 3.36. The minimum Gasteiger partial charge on any atom is -0.454 e. The van der Waals surface area contributed by atoms with Crippen molar-refractivity contribution in [3.05, 3.63) is 95.8 Å². The lowest BCUT2D eigenvalue weighted by atomic mass is 9.95. The monoisotopic (exact) mass is 468 g/mol. The molecule has 0 spiro atoms. The minimum atomic E-state index is 0.423. The van der Waals surface area contributed by atoms with Crippen LogP contribution in [0.15, 0.2) is 83.5 Å². The van der Waals surface area contributed by atoms with Crippen LogP contribution in [0.4, 0.5) is 0 Å². The zero-order valence-corrected chi connectivity index (χ0v) is 20.8. The van der Waals surface area contributed by atoms with Crippen LogP contribution in [-0.4, -0.2) is 4.98 Å². The lowest BCUT2D eigenvalue weighted by Gasteiger charge is -2.09. The molecule has 174 valence electrons. The van der Waals surface area contributed by atoms with Crippen molar-refractivity contribution in [3.8, 4) is 28.5 Å². The molecule has 0 aliphatic carbocycles. The molecule has 0 bridgehead atoms. The van der Waals surface area contributed by atoms with Crippen molar-refractivity contribution in [3.63, 3.8) is 0 Å². The van der Waals surface area contributed by atoms with Crippen LogP contribution >= 0.6 is 0 Å². The molecule has 0 atom stereocenters. The molecule has 3 aromatic heterocycles. The molecule has 0 saturated heterocycles. The van der Waals surface area contributed by atoms with Gasteiger partial charge >= 0.3 is 0 Å². The Morgan fingerprint density at radius 3 is 2.47 bits per heavy atom. The number of nitrogens with zero attached hydrogens (tertiary/aromatic N) is 3. The van der Waals surface area contributed by atoms with E-state index in [0.29, 0.717) is 11.5 Å². The van der Waals surface area contributed by atoms with E-state index in [1.54, 1.807) is 6.20 Å². The van der Waals surface area contributed by atoms with Crippen molar-refractivity contribution < 1.29 is 8.98 Å². The maximum atomic E-state index is 10.0. The van der Waals surface area contributed by atoms with Crippen LogP contribution in [-0.2, 0) is 7.05 Å². The fourth-order valence-corrected chi connectivity index (χ4v) is 5.12. The molecule has 3 aromatic carbocycles. The van der Waals surface area contributed by atoms with Crippen LogP contribution in [0.2, 0.25) is 0 Å². The van der Waals surface area contributed by atoms with Crippen molar-refractivity contribution in [1.82, 2.24) is 4.98 Å². The van der Waals surface area contributed by atoms with Gasteiger partial charge < -0.3 is 4.42 Å². The number of fused-ring (bicyclic) bond motifs is 4. The summed E-state index contributed by atoms with van der Waals surface area (Å²) >= 11 is 0. The fourth-order valence-electron chi connectivity index (χ4n) is 5.12. The summed E-state index contributed by atoms with van der Waals surface area (Å²) in [5, 5.41) is 13.1. The van der Waals surface area contributed by atoms with Crippen LogP contribution in [0.25, 0.3) is 55.2 Å². The summed E-state index contributed by atoms with van der Waals surface area (Å²) < 4.78 is 8.88. The Balaban J connectivity index is 1.69. The normalized spacial score (nSPS) is 11.6. The number of pyridine rings is 2. The van der Waals surface area contributed by atoms with Gasteiger partial charge in [-0.25, -0.2) is 4.57 Å². The molecular weight excluding hydrogens is 442 g/mol. The lowest BCUT2D eigenvalue weighted by Crippen LogP contribution is -2.31. The van der Waals surface area contributed by atoms with Gasteiger partial charge in [0.15, 0.2) is 6.20 Å². The molecule has 4 nitrogen and oxygen atoms in total.